The Balaban J connectivity index is 1.95. The summed E-state index contributed by atoms with van der Waals surface area (Å²) in [6.07, 6.45) is 4.02. The van der Waals surface area contributed by atoms with Gasteiger partial charge in [-0.05, 0) is 50.8 Å². The van der Waals surface area contributed by atoms with E-state index in [2.05, 4.69) is 43.0 Å². The van der Waals surface area contributed by atoms with Gasteiger partial charge < -0.3 is 4.90 Å². The first-order valence-electron chi connectivity index (χ1n) is 7.05. The molecule has 18 heavy (non-hydrogen) atoms. The van der Waals surface area contributed by atoms with E-state index in [-0.39, 0.29) is 0 Å². The fraction of sp³-hybridized carbons (Fsp3) is 0.562. The number of anilines is 1. The average Bonchev–Trinajstić information content (AvgIpc) is 2.76. The molecule has 1 aromatic carbocycles. The molecule has 0 heterocycles. The van der Waals surface area contributed by atoms with Crippen LogP contribution in [0.3, 0.4) is 0 Å². The molecule has 1 unspecified atom stereocenters. The van der Waals surface area contributed by atoms with E-state index < -0.39 is 0 Å². The van der Waals surface area contributed by atoms with Crippen molar-refractivity contribution in [2.24, 2.45) is 5.92 Å². The Morgan fingerprint density at radius 2 is 2.22 bits per heavy atom. The first-order chi connectivity index (χ1) is 8.70. The van der Waals surface area contributed by atoms with Crippen LogP contribution in [0.25, 0.3) is 0 Å². The minimum Gasteiger partial charge on any atom is -0.372 e. The molecule has 1 aliphatic carbocycles. The molecule has 1 aliphatic rings. The van der Waals surface area contributed by atoms with Gasteiger partial charge in [-0.1, -0.05) is 12.1 Å². The van der Waals surface area contributed by atoms with Crippen molar-refractivity contribution in [3.05, 3.63) is 29.8 Å². The molecule has 0 bridgehead atoms. The van der Waals surface area contributed by atoms with Gasteiger partial charge >= 0.3 is 0 Å². The van der Waals surface area contributed by atoms with Gasteiger partial charge in [0.05, 0.1) is 0 Å². The summed E-state index contributed by atoms with van der Waals surface area (Å²) >= 11 is 0. The Morgan fingerprint density at radius 1 is 1.39 bits per heavy atom. The van der Waals surface area contributed by atoms with Gasteiger partial charge in [0.1, 0.15) is 5.78 Å². The second kappa shape index (κ2) is 6.03. The topological polar surface area (TPSA) is 20.3 Å². The third-order valence-electron chi connectivity index (χ3n) is 3.93. The van der Waals surface area contributed by atoms with Gasteiger partial charge in [0.15, 0.2) is 0 Å². The van der Waals surface area contributed by atoms with Crippen molar-refractivity contribution in [2.45, 2.75) is 39.5 Å². The van der Waals surface area contributed by atoms with E-state index >= 15 is 0 Å². The molecule has 0 radical (unpaired) electrons. The Labute approximate surface area is 110 Å². The van der Waals surface area contributed by atoms with Gasteiger partial charge in [-0.3, -0.25) is 4.79 Å². The standard InChI is InChI=1S/C16H23NO/c1-3-17(15-8-4-6-13(2)12-15)11-10-14-7-5-9-16(14)18/h4,6,8,12,14H,3,5,7,9-11H2,1-2H3. The van der Waals surface area contributed by atoms with Crippen LogP contribution >= 0.6 is 0 Å². The van der Waals surface area contributed by atoms with Crippen LogP contribution in [0.15, 0.2) is 24.3 Å². The molecule has 0 aromatic heterocycles. The van der Waals surface area contributed by atoms with E-state index in [0.717, 1.165) is 38.8 Å². The predicted molar refractivity (Wildman–Crippen MR) is 76.0 cm³/mol. The first-order valence-corrected chi connectivity index (χ1v) is 7.05. The fourth-order valence-corrected chi connectivity index (χ4v) is 2.80. The van der Waals surface area contributed by atoms with E-state index in [1.807, 2.05) is 0 Å². The molecular formula is C16H23NO. The van der Waals surface area contributed by atoms with Gasteiger partial charge in [-0.15, -0.1) is 0 Å². The zero-order valence-corrected chi connectivity index (χ0v) is 11.5. The molecule has 2 rings (SSSR count). The number of rotatable bonds is 5. The molecule has 2 heteroatoms. The van der Waals surface area contributed by atoms with Crippen LogP contribution in [0.1, 0.15) is 38.2 Å². The average molecular weight is 245 g/mol. The highest BCUT2D eigenvalue weighted by molar-refractivity contribution is 5.82. The number of hydrogen-bond acceptors (Lipinski definition) is 2. The highest BCUT2D eigenvalue weighted by Crippen LogP contribution is 2.25. The summed E-state index contributed by atoms with van der Waals surface area (Å²) in [5, 5.41) is 0. The predicted octanol–water partition coefficient (Wildman–Crippen LogP) is 3.58. The van der Waals surface area contributed by atoms with Gasteiger partial charge in [-0.25, -0.2) is 0 Å². The lowest BCUT2D eigenvalue weighted by molar-refractivity contribution is -0.120. The monoisotopic (exact) mass is 245 g/mol. The normalized spacial score (nSPS) is 19.2. The van der Waals surface area contributed by atoms with Crippen LogP contribution in [-0.2, 0) is 4.79 Å². The van der Waals surface area contributed by atoms with Gasteiger partial charge in [0.25, 0.3) is 0 Å². The Kier molecular flexibility index (Phi) is 4.40. The smallest absolute Gasteiger partial charge is 0.136 e. The van der Waals surface area contributed by atoms with Gasteiger partial charge in [-0.2, -0.15) is 0 Å². The highest BCUT2D eigenvalue weighted by atomic mass is 16.1. The van der Waals surface area contributed by atoms with Crippen molar-refractivity contribution in [1.82, 2.24) is 0 Å². The molecule has 1 aromatic rings. The van der Waals surface area contributed by atoms with E-state index in [4.69, 9.17) is 0 Å². The number of nitrogens with zero attached hydrogens (tertiary/aromatic N) is 1. The fourth-order valence-electron chi connectivity index (χ4n) is 2.80. The van der Waals surface area contributed by atoms with E-state index in [1.54, 1.807) is 0 Å². The summed E-state index contributed by atoms with van der Waals surface area (Å²) in [5.41, 5.74) is 2.57. The third-order valence-corrected chi connectivity index (χ3v) is 3.93. The number of hydrogen-bond donors (Lipinski definition) is 0. The van der Waals surface area contributed by atoms with E-state index in [0.29, 0.717) is 11.7 Å². The number of carbonyl (C=O) groups is 1. The highest BCUT2D eigenvalue weighted by Gasteiger charge is 2.24. The molecule has 0 aliphatic heterocycles. The van der Waals surface area contributed by atoms with Crippen LogP contribution in [0.4, 0.5) is 5.69 Å². The Hall–Kier alpha value is -1.31. The molecule has 2 nitrogen and oxygen atoms in total. The summed E-state index contributed by atoms with van der Waals surface area (Å²) in [4.78, 5) is 14.0. The number of ketones is 1. The second-order valence-electron chi connectivity index (χ2n) is 5.26. The minimum atomic E-state index is 0.323. The lowest BCUT2D eigenvalue weighted by Crippen LogP contribution is -2.26. The maximum atomic E-state index is 11.6. The summed E-state index contributed by atoms with van der Waals surface area (Å²) < 4.78 is 0. The van der Waals surface area contributed by atoms with Crippen molar-refractivity contribution in [1.29, 1.82) is 0 Å². The maximum absolute atomic E-state index is 11.6. The van der Waals surface area contributed by atoms with Crippen LogP contribution in [-0.4, -0.2) is 18.9 Å². The molecule has 0 N–H and O–H groups in total. The van der Waals surface area contributed by atoms with E-state index in [1.165, 1.54) is 11.3 Å². The zero-order chi connectivity index (χ0) is 13.0. The zero-order valence-electron chi connectivity index (χ0n) is 11.5. The summed E-state index contributed by atoms with van der Waals surface area (Å²) in [7, 11) is 0. The summed E-state index contributed by atoms with van der Waals surface area (Å²) in [5.74, 6) is 0.805. The number of aryl methyl sites for hydroxylation is 1. The molecule has 0 saturated heterocycles. The maximum Gasteiger partial charge on any atom is 0.136 e. The molecule has 1 fully saturated rings. The van der Waals surface area contributed by atoms with Crippen LogP contribution in [0, 0.1) is 12.8 Å². The third kappa shape index (κ3) is 3.12. The van der Waals surface area contributed by atoms with Crippen LogP contribution in [0.2, 0.25) is 0 Å². The van der Waals surface area contributed by atoms with Gasteiger partial charge in [0.2, 0.25) is 0 Å². The largest absolute Gasteiger partial charge is 0.372 e. The first kappa shape index (κ1) is 13.1. The van der Waals surface area contributed by atoms with Crippen molar-refractivity contribution in [2.75, 3.05) is 18.0 Å². The van der Waals surface area contributed by atoms with Crippen molar-refractivity contribution < 1.29 is 4.79 Å². The molecule has 0 amide bonds. The minimum absolute atomic E-state index is 0.323. The molecular weight excluding hydrogens is 222 g/mol. The second-order valence-corrected chi connectivity index (χ2v) is 5.26. The molecule has 1 saturated carbocycles. The summed E-state index contributed by atoms with van der Waals surface area (Å²) in [6.45, 7) is 6.30. The SMILES string of the molecule is CCN(CCC1CCCC1=O)c1cccc(C)c1. The van der Waals surface area contributed by atoms with Crippen LogP contribution < -0.4 is 4.90 Å². The lowest BCUT2D eigenvalue weighted by atomic mass is 10.0. The number of carbonyl (C=O) groups excluding carboxylic acids is 1. The summed E-state index contributed by atoms with van der Waals surface area (Å²) in [6, 6.07) is 8.61. The lowest BCUT2D eigenvalue weighted by Gasteiger charge is -2.24. The van der Waals surface area contributed by atoms with Crippen molar-refractivity contribution in [3.63, 3.8) is 0 Å². The number of benzene rings is 1. The number of Topliss-reactive ketones (excluding diaryl/α,β-unsaturated/α-hetero) is 1. The Morgan fingerprint density at radius 3 is 2.83 bits per heavy atom. The van der Waals surface area contributed by atoms with Crippen molar-refractivity contribution in [3.8, 4) is 0 Å². The van der Waals surface area contributed by atoms with Crippen molar-refractivity contribution >= 4 is 11.5 Å². The molecule has 98 valence electrons. The molecule has 1 atom stereocenters. The van der Waals surface area contributed by atoms with Crippen LogP contribution in [0.5, 0.6) is 0 Å². The Bertz CT molecular complexity index is 413. The van der Waals surface area contributed by atoms with E-state index in [9.17, 15) is 4.79 Å². The van der Waals surface area contributed by atoms with Gasteiger partial charge in [0, 0.05) is 31.1 Å². The quantitative estimate of drug-likeness (QED) is 0.790. The molecule has 0 spiro atoms.